The van der Waals surface area contributed by atoms with Gasteiger partial charge in [-0.2, -0.15) is 0 Å². The third-order valence-electron chi connectivity index (χ3n) is 7.88. The summed E-state index contributed by atoms with van der Waals surface area (Å²) in [6.45, 7) is 4.59. The molecule has 0 aliphatic carbocycles. The number of sulfone groups is 1. The van der Waals surface area contributed by atoms with Crippen LogP contribution in [0.25, 0.3) is 33.4 Å². The summed E-state index contributed by atoms with van der Waals surface area (Å²) in [6, 6.07) is 16.3. The van der Waals surface area contributed by atoms with Gasteiger partial charge in [0.2, 0.25) is 0 Å². The predicted octanol–water partition coefficient (Wildman–Crippen LogP) is 4.22. The van der Waals surface area contributed by atoms with Crippen molar-refractivity contribution in [1.29, 1.82) is 0 Å². The van der Waals surface area contributed by atoms with Crippen molar-refractivity contribution in [3.8, 4) is 22.4 Å². The van der Waals surface area contributed by atoms with Gasteiger partial charge in [0.05, 0.1) is 34.4 Å². The number of likely N-dealkylation sites (N-methyl/N-ethyl adjacent to an activating group) is 1. The number of halogens is 2. The molecular formula is C30H31F2N5O2S. The van der Waals surface area contributed by atoms with Gasteiger partial charge in [-0.1, -0.05) is 24.3 Å². The Morgan fingerprint density at radius 3 is 2.20 bits per heavy atom. The summed E-state index contributed by atoms with van der Waals surface area (Å²) < 4.78 is 53.9. The van der Waals surface area contributed by atoms with Crippen LogP contribution in [0.3, 0.4) is 0 Å². The van der Waals surface area contributed by atoms with E-state index >= 15 is 8.78 Å². The monoisotopic (exact) mass is 563 g/mol. The zero-order valence-corrected chi connectivity index (χ0v) is 23.2. The van der Waals surface area contributed by atoms with Gasteiger partial charge in [-0.25, -0.2) is 22.2 Å². The van der Waals surface area contributed by atoms with E-state index in [0.29, 0.717) is 27.9 Å². The van der Waals surface area contributed by atoms with Crippen molar-refractivity contribution in [3.63, 3.8) is 0 Å². The molecule has 3 heterocycles. The van der Waals surface area contributed by atoms with Crippen molar-refractivity contribution in [1.82, 2.24) is 19.8 Å². The highest BCUT2D eigenvalue weighted by Gasteiger charge is 2.24. The minimum absolute atomic E-state index is 0.00388. The molecule has 3 aromatic carbocycles. The summed E-state index contributed by atoms with van der Waals surface area (Å²) >= 11 is 0. The Morgan fingerprint density at radius 2 is 1.52 bits per heavy atom. The SMILES string of the molecule is CN1CCN(c2ccc(-c3cnc4cccc(-c5cc(F)c(CN6CCS(=O)(=O)CC6)c(F)c5)c4n3)cc2)CC1. The molecule has 2 aliphatic heterocycles. The second kappa shape index (κ2) is 10.8. The smallest absolute Gasteiger partial charge is 0.152 e. The molecule has 208 valence electrons. The van der Waals surface area contributed by atoms with Crippen molar-refractivity contribution in [3.05, 3.63) is 78.0 Å². The van der Waals surface area contributed by atoms with Crippen LogP contribution in [0, 0.1) is 11.6 Å². The van der Waals surface area contributed by atoms with Gasteiger partial charge in [0.15, 0.2) is 9.84 Å². The largest absolute Gasteiger partial charge is 0.369 e. The number of aromatic nitrogens is 2. The maximum Gasteiger partial charge on any atom is 0.152 e. The fourth-order valence-electron chi connectivity index (χ4n) is 5.35. The maximum absolute atomic E-state index is 15.2. The van der Waals surface area contributed by atoms with Crippen molar-refractivity contribution in [2.45, 2.75) is 6.54 Å². The Kier molecular flexibility index (Phi) is 7.24. The average Bonchev–Trinajstić information content (AvgIpc) is 2.95. The van der Waals surface area contributed by atoms with Crippen LogP contribution in [0.15, 0.2) is 60.8 Å². The molecule has 10 heteroatoms. The Morgan fingerprint density at radius 1 is 0.850 bits per heavy atom. The minimum atomic E-state index is -3.07. The molecule has 6 rings (SSSR count). The first-order chi connectivity index (χ1) is 19.3. The van der Waals surface area contributed by atoms with E-state index in [1.807, 2.05) is 18.2 Å². The number of fused-ring (bicyclic) bond motifs is 1. The van der Waals surface area contributed by atoms with Gasteiger partial charge < -0.3 is 9.80 Å². The molecule has 2 saturated heterocycles. The average molecular weight is 564 g/mol. The number of anilines is 1. The maximum atomic E-state index is 15.2. The first-order valence-electron chi connectivity index (χ1n) is 13.5. The zero-order valence-electron chi connectivity index (χ0n) is 22.4. The molecular weight excluding hydrogens is 532 g/mol. The van der Waals surface area contributed by atoms with E-state index in [-0.39, 0.29) is 36.7 Å². The van der Waals surface area contributed by atoms with E-state index in [9.17, 15) is 8.42 Å². The van der Waals surface area contributed by atoms with Gasteiger partial charge >= 0.3 is 0 Å². The molecule has 0 saturated carbocycles. The molecule has 4 aromatic rings. The number of hydrogen-bond donors (Lipinski definition) is 0. The highest BCUT2D eigenvalue weighted by Crippen LogP contribution is 2.32. The Hall–Kier alpha value is -3.47. The van der Waals surface area contributed by atoms with E-state index < -0.39 is 21.5 Å². The molecule has 0 radical (unpaired) electrons. The van der Waals surface area contributed by atoms with Crippen LogP contribution >= 0.6 is 0 Å². The second-order valence-electron chi connectivity index (χ2n) is 10.6. The number of rotatable bonds is 5. The van der Waals surface area contributed by atoms with Gasteiger partial charge in [-0.05, 0) is 42.9 Å². The summed E-state index contributed by atoms with van der Waals surface area (Å²) in [5.41, 5.74) is 4.88. The summed E-state index contributed by atoms with van der Waals surface area (Å²) in [6.07, 6.45) is 1.72. The predicted molar refractivity (Wildman–Crippen MR) is 154 cm³/mol. The van der Waals surface area contributed by atoms with Gasteiger partial charge in [-0.3, -0.25) is 9.88 Å². The molecule has 0 atom stereocenters. The van der Waals surface area contributed by atoms with Crippen LogP contribution in [0.2, 0.25) is 0 Å². The Labute approximate surface area is 233 Å². The zero-order chi connectivity index (χ0) is 27.9. The first kappa shape index (κ1) is 26.7. The lowest BCUT2D eigenvalue weighted by atomic mass is 10.0. The van der Waals surface area contributed by atoms with Crippen molar-refractivity contribution in [2.75, 3.05) is 62.7 Å². The molecule has 40 heavy (non-hydrogen) atoms. The standard InChI is InChI=1S/C30H31F2N5O2S/c1-35-9-11-37(12-10-35)23-7-5-21(6-8-23)29-19-33-28-4-2-3-24(30(28)34-29)22-17-26(31)25(27(32)18-22)20-36-13-15-40(38,39)16-14-36/h2-8,17-19H,9-16,20H2,1H3. The highest BCUT2D eigenvalue weighted by molar-refractivity contribution is 7.91. The molecule has 7 nitrogen and oxygen atoms in total. The van der Waals surface area contributed by atoms with Crippen LogP contribution in [0.4, 0.5) is 14.5 Å². The summed E-state index contributed by atoms with van der Waals surface area (Å²) in [4.78, 5) is 15.9. The third-order valence-corrected chi connectivity index (χ3v) is 9.48. The first-order valence-corrected chi connectivity index (χ1v) is 15.3. The van der Waals surface area contributed by atoms with E-state index in [0.717, 1.165) is 31.7 Å². The molecule has 1 aromatic heterocycles. The molecule has 0 amide bonds. The normalized spacial score (nSPS) is 18.3. The topological polar surface area (TPSA) is 69.6 Å². The molecule has 0 bridgehead atoms. The van der Waals surface area contributed by atoms with Crippen LogP contribution in [0.5, 0.6) is 0 Å². The van der Waals surface area contributed by atoms with Gasteiger partial charge in [0.1, 0.15) is 11.6 Å². The number of piperazine rings is 1. The van der Waals surface area contributed by atoms with Crippen LogP contribution < -0.4 is 4.90 Å². The van der Waals surface area contributed by atoms with Crippen molar-refractivity contribution in [2.24, 2.45) is 0 Å². The van der Waals surface area contributed by atoms with Gasteiger partial charge in [0, 0.05) is 68.2 Å². The number of para-hydroxylation sites is 1. The van der Waals surface area contributed by atoms with Crippen LogP contribution in [-0.2, 0) is 16.4 Å². The summed E-state index contributed by atoms with van der Waals surface area (Å²) in [5.74, 6) is -1.32. The van der Waals surface area contributed by atoms with Crippen molar-refractivity contribution >= 4 is 26.6 Å². The second-order valence-corrected chi connectivity index (χ2v) is 12.9. The van der Waals surface area contributed by atoms with E-state index in [4.69, 9.17) is 4.98 Å². The number of nitrogens with zero attached hydrogens (tertiary/aromatic N) is 5. The van der Waals surface area contributed by atoms with Gasteiger partial charge in [0.25, 0.3) is 0 Å². The Bertz CT molecular complexity index is 1620. The molecule has 0 spiro atoms. The third kappa shape index (κ3) is 5.56. The van der Waals surface area contributed by atoms with E-state index in [1.165, 1.54) is 17.8 Å². The number of benzene rings is 3. The fraction of sp³-hybridized carbons (Fsp3) is 0.333. The fourth-order valence-corrected chi connectivity index (χ4v) is 6.63. The lowest BCUT2D eigenvalue weighted by Gasteiger charge is -2.34. The lowest BCUT2D eigenvalue weighted by Crippen LogP contribution is -2.44. The van der Waals surface area contributed by atoms with Gasteiger partial charge in [-0.15, -0.1) is 0 Å². The number of hydrogen-bond acceptors (Lipinski definition) is 7. The van der Waals surface area contributed by atoms with E-state index in [1.54, 1.807) is 23.2 Å². The molecule has 0 N–H and O–H groups in total. The Balaban J connectivity index is 1.28. The van der Waals surface area contributed by atoms with Crippen molar-refractivity contribution < 1.29 is 17.2 Å². The van der Waals surface area contributed by atoms with E-state index in [2.05, 4.69) is 34.0 Å². The molecule has 2 aliphatic rings. The quantitative estimate of drug-likeness (QED) is 0.360. The lowest BCUT2D eigenvalue weighted by molar-refractivity contribution is 0.278. The molecule has 2 fully saturated rings. The van der Waals surface area contributed by atoms with Crippen LogP contribution in [-0.4, -0.2) is 86.0 Å². The molecule has 0 unspecified atom stereocenters. The summed E-state index contributed by atoms with van der Waals surface area (Å²) in [5, 5.41) is 0. The minimum Gasteiger partial charge on any atom is -0.369 e. The highest BCUT2D eigenvalue weighted by atomic mass is 32.2. The van der Waals surface area contributed by atoms with Crippen LogP contribution in [0.1, 0.15) is 5.56 Å². The summed E-state index contributed by atoms with van der Waals surface area (Å²) in [7, 11) is -0.936.